The molecule has 62 valence electrons. The summed E-state index contributed by atoms with van der Waals surface area (Å²) in [5.74, 6) is 0. The van der Waals surface area contributed by atoms with Gasteiger partial charge in [0.05, 0.1) is 5.52 Å². The second-order valence-electron chi connectivity index (χ2n) is 2.46. The summed E-state index contributed by atoms with van der Waals surface area (Å²) in [7, 11) is 0. The number of fused-ring (bicyclic) bond motifs is 1. The lowest BCUT2D eigenvalue weighted by Crippen LogP contribution is -1.89. The Balaban J connectivity index is 2.60. The summed E-state index contributed by atoms with van der Waals surface area (Å²) in [5.41, 5.74) is 0.718. The molecule has 2 rings (SSSR count). The van der Waals surface area contributed by atoms with E-state index in [4.69, 9.17) is 0 Å². The molecule has 0 amide bonds. The first kappa shape index (κ1) is 7.21. The highest BCUT2D eigenvalue weighted by atomic mass is 19.3. The standard InChI is InChI=1S/C8H6F2N2/c9-8(10)6-2-4-12-7(5-6)1-3-11-12/h1-5,8H. The number of halogens is 2. The Labute approximate surface area is 67.4 Å². The number of rotatable bonds is 1. The van der Waals surface area contributed by atoms with Crippen molar-refractivity contribution in [1.82, 2.24) is 9.61 Å². The van der Waals surface area contributed by atoms with E-state index in [2.05, 4.69) is 5.10 Å². The molecule has 0 spiro atoms. The summed E-state index contributed by atoms with van der Waals surface area (Å²) in [5, 5.41) is 3.89. The minimum atomic E-state index is -2.41. The van der Waals surface area contributed by atoms with Gasteiger partial charge in [-0.15, -0.1) is 0 Å². The van der Waals surface area contributed by atoms with Gasteiger partial charge in [-0.05, 0) is 18.2 Å². The molecule has 0 bridgehead atoms. The van der Waals surface area contributed by atoms with Crippen LogP contribution in [0, 0.1) is 0 Å². The molecule has 0 aliphatic carbocycles. The normalized spacial score (nSPS) is 11.2. The Morgan fingerprint density at radius 1 is 1.33 bits per heavy atom. The third kappa shape index (κ3) is 1.05. The molecular formula is C8H6F2N2. The molecular weight excluding hydrogens is 162 g/mol. The van der Waals surface area contributed by atoms with Crippen molar-refractivity contribution in [1.29, 1.82) is 0 Å². The second-order valence-corrected chi connectivity index (χ2v) is 2.46. The molecule has 2 aromatic rings. The van der Waals surface area contributed by atoms with Crippen molar-refractivity contribution in [3.8, 4) is 0 Å². The maximum absolute atomic E-state index is 12.2. The Bertz CT molecular complexity index is 395. The van der Waals surface area contributed by atoms with E-state index in [1.807, 2.05) is 0 Å². The van der Waals surface area contributed by atoms with Gasteiger partial charge in [0.2, 0.25) is 0 Å². The van der Waals surface area contributed by atoms with E-state index in [1.165, 1.54) is 18.3 Å². The molecule has 0 saturated carbocycles. The zero-order valence-electron chi connectivity index (χ0n) is 6.11. The van der Waals surface area contributed by atoms with Crippen LogP contribution in [0.15, 0.2) is 30.6 Å². The number of alkyl halides is 2. The summed E-state index contributed by atoms with van der Waals surface area (Å²) in [6.07, 6.45) is 0.686. The van der Waals surface area contributed by atoms with E-state index < -0.39 is 6.43 Å². The van der Waals surface area contributed by atoms with Crippen LogP contribution < -0.4 is 0 Å². The Kier molecular flexibility index (Phi) is 1.53. The summed E-state index contributed by atoms with van der Waals surface area (Å²) in [4.78, 5) is 0. The Hall–Kier alpha value is -1.45. The van der Waals surface area contributed by atoms with E-state index in [9.17, 15) is 8.78 Å². The quantitative estimate of drug-likeness (QED) is 0.638. The average molecular weight is 168 g/mol. The van der Waals surface area contributed by atoms with Crippen molar-refractivity contribution < 1.29 is 8.78 Å². The van der Waals surface area contributed by atoms with Gasteiger partial charge >= 0.3 is 0 Å². The minimum Gasteiger partial charge on any atom is -0.241 e. The van der Waals surface area contributed by atoms with Crippen molar-refractivity contribution in [2.75, 3.05) is 0 Å². The highest BCUT2D eigenvalue weighted by Crippen LogP contribution is 2.19. The van der Waals surface area contributed by atoms with Crippen molar-refractivity contribution in [3.63, 3.8) is 0 Å². The van der Waals surface area contributed by atoms with Crippen molar-refractivity contribution in [3.05, 3.63) is 36.2 Å². The fourth-order valence-corrected chi connectivity index (χ4v) is 1.07. The van der Waals surface area contributed by atoms with Gasteiger partial charge in [0.25, 0.3) is 6.43 Å². The smallest absolute Gasteiger partial charge is 0.241 e. The number of hydrogen-bond donors (Lipinski definition) is 0. The highest BCUT2D eigenvalue weighted by Gasteiger charge is 2.06. The molecule has 0 aliphatic heterocycles. The second kappa shape index (κ2) is 2.55. The number of aromatic nitrogens is 2. The van der Waals surface area contributed by atoms with Crippen molar-refractivity contribution >= 4 is 5.52 Å². The number of pyridine rings is 1. The van der Waals surface area contributed by atoms with Crippen LogP contribution in [0.4, 0.5) is 8.78 Å². The first-order valence-corrected chi connectivity index (χ1v) is 3.49. The molecule has 0 aliphatic rings. The minimum absolute atomic E-state index is 0.0306. The first-order valence-electron chi connectivity index (χ1n) is 3.49. The predicted molar refractivity (Wildman–Crippen MR) is 40.1 cm³/mol. The van der Waals surface area contributed by atoms with Gasteiger partial charge in [0, 0.05) is 18.0 Å². The number of hydrogen-bond acceptors (Lipinski definition) is 1. The van der Waals surface area contributed by atoms with Crippen LogP contribution in [0.3, 0.4) is 0 Å². The van der Waals surface area contributed by atoms with Crippen LogP contribution in [-0.2, 0) is 0 Å². The number of nitrogens with zero attached hydrogens (tertiary/aromatic N) is 2. The van der Waals surface area contributed by atoms with E-state index in [-0.39, 0.29) is 5.56 Å². The third-order valence-corrected chi connectivity index (χ3v) is 1.68. The third-order valence-electron chi connectivity index (χ3n) is 1.68. The summed E-state index contributed by atoms with van der Waals surface area (Å²) in [6.45, 7) is 0. The van der Waals surface area contributed by atoms with Gasteiger partial charge in [0.1, 0.15) is 0 Å². The zero-order chi connectivity index (χ0) is 8.55. The van der Waals surface area contributed by atoms with E-state index >= 15 is 0 Å². The van der Waals surface area contributed by atoms with Gasteiger partial charge in [-0.2, -0.15) is 5.10 Å². The van der Waals surface area contributed by atoms with Crippen LogP contribution in [0.5, 0.6) is 0 Å². The summed E-state index contributed by atoms with van der Waals surface area (Å²) >= 11 is 0. The molecule has 2 aromatic heterocycles. The maximum Gasteiger partial charge on any atom is 0.263 e. The molecule has 0 N–H and O–H groups in total. The fraction of sp³-hybridized carbons (Fsp3) is 0.125. The lowest BCUT2D eigenvalue weighted by atomic mass is 10.2. The van der Waals surface area contributed by atoms with E-state index in [1.54, 1.807) is 16.8 Å². The van der Waals surface area contributed by atoms with Crippen molar-refractivity contribution in [2.45, 2.75) is 6.43 Å². The molecule has 0 fully saturated rings. The molecule has 0 atom stereocenters. The fourth-order valence-electron chi connectivity index (χ4n) is 1.07. The molecule has 0 aromatic carbocycles. The van der Waals surface area contributed by atoms with Crippen LogP contribution in [0.1, 0.15) is 12.0 Å². The maximum atomic E-state index is 12.2. The van der Waals surface area contributed by atoms with Crippen molar-refractivity contribution in [2.24, 2.45) is 0 Å². The first-order chi connectivity index (χ1) is 5.77. The van der Waals surface area contributed by atoms with Gasteiger partial charge in [-0.1, -0.05) is 0 Å². The lowest BCUT2D eigenvalue weighted by molar-refractivity contribution is 0.151. The van der Waals surface area contributed by atoms with Crippen LogP contribution >= 0.6 is 0 Å². The topological polar surface area (TPSA) is 17.3 Å². The Morgan fingerprint density at radius 2 is 2.17 bits per heavy atom. The molecule has 12 heavy (non-hydrogen) atoms. The SMILES string of the molecule is FC(F)c1ccn2nccc2c1. The lowest BCUT2D eigenvalue weighted by Gasteiger charge is -1.98. The van der Waals surface area contributed by atoms with Crippen LogP contribution in [-0.4, -0.2) is 9.61 Å². The van der Waals surface area contributed by atoms with E-state index in [0.717, 1.165) is 0 Å². The van der Waals surface area contributed by atoms with Crippen LogP contribution in [0.25, 0.3) is 5.52 Å². The van der Waals surface area contributed by atoms with Crippen LogP contribution in [0.2, 0.25) is 0 Å². The Morgan fingerprint density at radius 3 is 2.92 bits per heavy atom. The molecule has 2 heterocycles. The van der Waals surface area contributed by atoms with E-state index in [0.29, 0.717) is 5.52 Å². The molecule has 0 unspecified atom stereocenters. The molecule has 4 heteroatoms. The summed E-state index contributed by atoms with van der Waals surface area (Å²) < 4.78 is 25.9. The monoisotopic (exact) mass is 168 g/mol. The average Bonchev–Trinajstić information content (AvgIpc) is 2.49. The largest absolute Gasteiger partial charge is 0.263 e. The molecule has 0 saturated heterocycles. The zero-order valence-corrected chi connectivity index (χ0v) is 6.11. The highest BCUT2D eigenvalue weighted by molar-refractivity contribution is 5.47. The van der Waals surface area contributed by atoms with Gasteiger partial charge in [-0.3, -0.25) is 0 Å². The predicted octanol–water partition coefficient (Wildman–Crippen LogP) is 2.27. The van der Waals surface area contributed by atoms with Gasteiger partial charge < -0.3 is 0 Å². The summed E-state index contributed by atoms with van der Waals surface area (Å²) in [6, 6.07) is 4.48. The van der Waals surface area contributed by atoms with Gasteiger partial charge in [0.15, 0.2) is 0 Å². The van der Waals surface area contributed by atoms with Gasteiger partial charge in [-0.25, -0.2) is 13.3 Å². The molecule has 2 nitrogen and oxygen atoms in total. The molecule has 0 radical (unpaired) electrons.